The number of methoxy groups -OCH3 is 1. The highest BCUT2D eigenvalue weighted by atomic mass is 16.5. The molecule has 1 unspecified atom stereocenters. The molecule has 132 valence electrons. The van der Waals surface area contributed by atoms with E-state index in [0.717, 1.165) is 63.1 Å². The van der Waals surface area contributed by atoms with Crippen molar-refractivity contribution in [3.8, 4) is 11.5 Å². The predicted octanol–water partition coefficient (Wildman–Crippen LogP) is 2.78. The van der Waals surface area contributed by atoms with Gasteiger partial charge in [-0.25, -0.2) is 4.98 Å². The molecule has 2 aromatic rings. The van der Waals surface area contributed by atoms with Crippen LogP contribution in [0.4, 0.5) is 5.82 Å². The Morgan fingerprint density at radius 1 is 1.12 bits per heavy atom. The van der Waals surface area contributed by atoms with E-state index in [4.69, 9.17) is 9.47 Å². The molecule has 2 aliphatic rings. The fraction of sp³-hybridized carbons (Fsp3) is 0.450. The van der Waals surface area contributed by atoms with Gasteiger partial charge in [-0.15, -0.1) is 0 Å². The van der Waals surface area contributed by atoms with E-state index in [2.05, 4.69) is 33.0 Å². The number of rotatable bonds is 5. The highest BCUT2D eigenvalue weighted by molar-refractivity contribution is 5.52. The van der Waals surface area contributed by atoms with Crippen molar-refractivity contribution < 1.29 is 9.47 Å². The molecule has 0 aliphatic carbocycles. The van der Waals surface area contributed by atoms with Crippen molar-refractivity contribution in [2.24, 2.45) is 0 Å². The van der Waals surface area contributed by atoms with Crippen LogP contribution in [-0.4, -0.2) is 56.3 Å². The maximum Gasteiger partial charge on any atom is 0.171 e. The van der Waals surface area contributed by atoms with Crippen LogP contribution in [0.3, 0.4) is 0 Å². The fourth-order valence-electron chi connectivity index (χ4n) is 3.77. The third kappa shape index (κ3) is 3.42. The second-order valence-corrected chi connectivity index (χ2v) is 6.69. The Morgan fingerprint density at radius 3 is 2.80 bits per heavy atom. The summed E-state index contributed by atoms with van der Waals surface area (Å²) in [5.74, 6) is 3.42. The van der Waals surface area contributed by atoms with E-state index in [9.17, 15) is 0 Å². The van der Waals surface area contributed by atoms with E-state index in [1.165, 1.54) is 5.56 Å². The van der Waals surface area contributed by atoms with E-state index >= 15 is 0 Å². The second-order valence-electron chi connectivity index (χ2n) is 6.69. The molecule has 0 amide bonds. The monoisotopic (exact) mass is 339 g/mol. The zero-order valence-electron chi connectivity index (χ0n) is 14.7. The summed E-state index contributed by atoms with van der Waals surface area (Å²) in [5, 5.41) is 0. The van der Waals surface area contributed by atoms with Crippen LogP contribution in [0.1, 0.15) is 17.9 Å². The van der Waals surface area contributed by atoms with E-state index in [1.807, 2.05) is 24.4 Å². The minimum atomic E-state index is 0.533. The van der Waals surface area contributed by atoms with Gasteiger partial charge in [0.15, 0.2) is 11.6 Å². The summed E-state index contributed by atoms with van der Waals surface area (Å²) in [4.78, 5) is 9.37. The maximum atomic E-state index is 5.80. The lowest BCUT2D eigenvalue weighted by atomic mass is 9.97. The topological polar surface area (TPSA) is 37.8 Å². The largest absolute Gasteiger partial charge is 0.493 e. The minimum Gasteiger partial charge on any atom is -0.493 e. The molecule has 4 rings (SSSR count). The number of hydrogen-bond donors (Lipinski definition) is 0. The molecule has 0 N–H and O–H groups in total. The van der Waals surface area contributed by atoms with Gasteiger partial charge in [-0.1, -0.05) is 18.2 Å². The number of benzene rings is 1. The molecular formula is C20H25N3O2. The number of aromatic nitrogens is 1. The molecule has 1 aromatic heterocycles. The SMILES string of the molecule is COc1cccnc1N1CCN(CCC2COc3ccccc32)CC1. The van der Waals surface area contributed by atoms with Crippen LogP contribution in [0.25, 0.3) is 0 Å². The standard InChI is InChI=1S/C20H25N3O2/c1-24-19-7-4-9-21-20(19)23-13-11-22(12-14-23)10-8-16-15-25-18-6-3-2-5-17(16)18/h2-7,9,16H,8,10-15H2,1H3. The lowest BCUT2D eigenvalue weighted by Gasteiger charge is -2.36. The number of anilines is 1. The lowest BCUT2D eigenvalue weighted by molar-refractivity contribution is 0.237. The van der Waals surface area contributed by atoms with Gasteiger partial charge < -0.3 is 14.4 Å². The van der Waals surface area contributed by atoms with Gasteiger partial charge in [0.05, 0.1) is 13.7 Å². The van der Waals surface area contributed by atoms with Gasteiger partial charge in [0.25, 0.3) is 0 Å². The number of para-hydroxylation sites is 1. The highest BCUT2D eigenvalue weighted by Crippen LogP contribution is 2.35. The summed E-state index contributed by atoms with van der Waals surface area (Å²) in [7, 11) is 1.71. The molecule has 5 nitrogen and oxygen atoms in total. The summed E-state index contributed by atoms with van der Waals surface area (Å²) in [5.41, 5.74) is 1.37. The lowest BCUT2D eigenvalue weighted by Crippen LogP contribution is -2.47. The van der Waals surface area contributed by atoms with Crippen LogP contribution < -0.4 is 14.4 Å². The zero-order valence-corrected chi connectivity index (χ0v) is 14.7. The van der Waals surface area contributed by atoms with Crippen molar-refractivity contribution in [3.63, 3.8) is 0 Å². The van der Waals surface area contributed by atoms with Crippen molar-refractivity contribution in [1.82, 2.24) is 9.88 Å². The van der Waals surface area contributed by atoms with Gasteiger partial charge in [0.2, 0.25) is 0 Å². The Bertz CT molecular complexity index is 714. The van der Waals surface area contributed by atoms with Gasteiger partial charge in [-0.05, 0) is 31.2 Å². The summed E-state index contributed by atoms with van der Waals surface area (Å²) in [6.45, 7) is 6.06. The highest BCUT2D eigenvalue weighted by Gasteiger charge is 2.25. The van der Waals surface area contributed by atoms with Gasteiger partial charge in [-0.3, -0.25) is 4.90 Å². The van der Waals surface area contributed by atoms with E-state index < -0.39 is 0 Å². The van der Waals surface area contributed by atoms with Gasteiger partial charge in [0.1, 0.15) is 5.75 Å². The average Bonchev–Trinajstić information content (AvgIpc) is 3.10. The first-order valence-electron chi connectivity index (χ1n) is 9.03. The summed E-state index contributed by atoms with van der Waals surface area (Å²) < 4.78 is 11.2. The Labute approximate surface area is 149 Å². The molecule has 1 fully saturated rings. The molecule has 0 spiro atoms. The molecule has 5 heteroatoms. The number of ether oxygens (including phenoxy) is 2. The molecule has 0 radical (unpaired) electrons. The van der Waals surface area contributed by atoms with Crippen molar-refractivity contribution in [2.45, 2.75) is 12.3 Å². The van der Waals surface area contributed by atoms with E-state index in [-0.39, 0.29) is 0 Å². The van der Waals surface area contributed by atoms with Gasteiger partial charge in [-0.2, -0.15) is 0 Å². The Morgan fingerprint density at radius 2 is 1.96 bits per heavy atom. The Hall–Kier alpha value is -2.27. The van der Waals surface area contributed by atoms with Crippen molar-refractivity contribution in [1.29, 1.82) is 0 Å². The van der Waals surface area contributed by atoms with Crippen LogP contribution in [0, 0.1) is 0 Å². The quantitative estimate of drug-likeness (QED) is 0.837. The number of hydrogen-bond acceptors (Lipinski definition) is 5. The molecule has 1 aromatic carbocycles. The number of pyridine rings is 1. The molecule has 25 heavy (non-hydrogen) atoms. The number of piperazine rings is 1. The first-order valence-corrected chi connectivity index (χ1v) is 9.03. The van der Waals surface area contributed by atoms with Crippen LogP contribution in [0.15, 0.2) is 42.6 Å². The van der Waals surface area contributed by atoms with Crippen LogP contribution in [0.5, 0.6) is 11.5 Å². The number of fused-ring (bicyclic) bond motifs is 1. The first kappa shape index (κ1) is 16.2. The van der Waals surface area contributed by atoms with E-state index in [1.54, 1.807) is 7.11 Å². The van der Waals surface area contributed by atoms with Crippen molar-refractivity contribution in [3.05, 3.63) is 48.2 Å². The summed E-state index contributed by atoms with van der Waals surface area (Å²) in [6.07, 6.45) is 2.99. The molecule has 3 heterocycles. The van der Waals surface area contributed by atoms with Crippen molar-refractivity contribution >= 4 is 5.82 Å². The number of nitrogens with zero attached hydrogens (tertiary/aromatic N) is 3. The molecular weight excluding hydrogens is 314 g/mol. The van der Waals surface area contributed by atoms with Gasteiger partial charge in [0, 0.05) is 43.9 Å². The Balaban J connectivity index is 1.30. The van der Waals surface area contributed by atoms with Crippen LogP contribution >= 0.6 is 0 Å². The minimum absolute atomic E-state index is 0.533. The average molecular weight is 339 g/mol. The zero-order chi connectivity index (χ0) is 17.1. The third-order valence-electron chi connectivity index (χ3n) is 5.24. The van der Waals surface area contributed by atoms with E-state index in [0.29, 0.717) is 5.92 Å². The predicted molar refractivity (Wildman–Crippen MR) is 98.7 cm³/mol. The van der Waals surface area contributed by atoms with Crippen LogP contribution in [-0.2, 0) is 0 Å². The molecule has 1 atom stereocenters. The third-order valence-corrected chi connectivity index (χ3v) is 5.24. The second kappa shape index (κ2) is 7.31. The van der Waals surface area contributed by atoms with Crippen LogP contribution in [0.2, 0.25) is 0 Å². The first-order chi connectivity index (χ1) is 12.3. The Kier molecular flexibility index (Phi) is 4.74. The van der Waals surface area contributed by atoms with Crippen molar-refractivity contribution in [2.75, 3.05) is 51.3 Å². The molecule has 0 saturated carbocycles. The summed E-state index contributed by atoms with van der Waals surface area (Å²) in [6, 6.07) is 12.3. The molecule has 0 bridgehead atoms. The summed E-state index contributed by atoms with van der Waals surface area (Å²) >= 11 is 0. The molecule has 2 aliphatic heterocycles. The molecule has 1 saturated heterocycles. The maximum absolute atomic E-state index is 5.80. The normalized spacial score (nSPS) is 20.2. The fourth-order valence-corrected chi connectivity index (χ4v) is 3.77. The smallest absolute Gasteiger partial charge is 0.171 e. The van der Waals surface area contributed by atoms with Gasteiger partial charge >= 0.3 is 0 Å².